The van der Waals surface area contributed by atoms with Crippen molar-refractivity contribution in [3.63, 3.8) is 0 Å². The van der Waals surface area contributed by atoms with Crippen LogP contribution >= 0.6 is 0 Å². The monoisotopic (exact) mass is 1150 g/mol. The lowest BCUT2D eigenvalue weighted by molar-refractivity contribution is -0.167. The van der Waals surface area contributed by atoms with Crippen molar-refractivity contribution in [2.75, 3.05) is 13.2 Å². The molecule has 0 spiro atoms. The summed E-state index contributed by atoms with van der Waals surface area (Å²) >= 11 is 0. The number of hydrogen-bond acceptors (Lipinski definition) is 6. The summed E-state index contributed by atoms with van der Waals surface area (Å²) in [5.41, 5.74) is 0. The first-order valence-electron chi connectivity index (χ1n) is 34.7. The van der Waals surface area contributed by atoms with Crippen LogP contribution in [0.1, 0.15) is 316 Å². The van der Waals surface area contributed by atoms with E-state index in [1.54, 1.807) is 0 Å². The fraction of sp³-hybridized carbons (Fsp3) is 0.675. The zero-order valence-electron chi connectivity index (χ0n) is 54.2. The Labute approximate surface area is 513 Å². The molecule has 0 N–H and O–H groups in total. The van der Waals surface area contributed by atoms with Crippen molar-refractivity contribution in [3.8, 4) is 0 Å². The minimum Gasteiger partial charge on any atom is -0.462 e. The molecule has 0 saturated heterocycles. The molecule has 0 bridgehead atoms. The molecule has 0 rings (SSSR count). The topological polar surface area (TPSA) is 78.9 Å². The van der Waals surface area contributed by atoms with Crippen molar-refractivity contribution in [2.45, 2.75) is 322 Å². The van der Waals surface area contributed by atoms with Crippen LogP contribution in [-0.4, -0.2) is 37.2 Å². The summed E-state index contributed by atoms with van der Waals surface area (Å²) in [6, 6.07) is 0. The molecule has 0 amide bonds. The normalized spacial score (nSPS) is 13.0. The smallest absolute Gasteiger partial charge is 0.306 e. The third-order valence-corrected chi connectivity index (χ3v) is 14.6. The van der Waals surface area contributed by atoms with Gasteiger partial charge in [0.2, 0.25) is 0 Å². The Hall–Kier alpha value is -4.45. The van der Waals surface area contributed by atoms with E-state index in [0.717, 1.165) is 154 Å². The predicted octanol–water partition coefficient (Wildman–Crippen LogP) is 24.1. The predicted molar refractivity (Wildman–Crippen MR) is 362 cm³/mol. The maximum Gasteiger partial charge on any atom is 0.306 e. The van der Waals surface area contributed by atoms with E-state index in [9.17, 15) is 14.4 Å². The van der Waals surface area contributed by atoms with Gasteiger partial charge in [-0.15, -0.1) is 0 Å². The Balaban J connectivity index is 4.42. The molecule has 1 atom stereocenters. The first kappa shape index (κ1) is 78.5. The second-order valence-corrected chi connectivity index (χ2v) is 22.7. The van der Waals surface area contributed by atoms with Gasteiger partial charge in [0.05, 0.1) is 0 Å². The quantitative estimate of drug-likeness (QED) is 0.0261. The average Bonchev–Trinajstić information content (AvgIpc) is 3.49. The molecule has 0 aromatic rings. The average molecular weight is 1150 g/mol. The summed E-state index contributed by atoms with van der Waals surface area (Å²) in [6.45, 7) is 6.48. The largest absolute Gasteiger partial charge is 0.462 e. The van der Waals surface area contributed by atoms with Gasteiger partial charge < -0.3 is 14.2 Å². The van der Waals surface area contributed by atoms with E-state index in [0.29, 0.717) is 19.3 Å². The highest BCUT2D eigenvalue weighted by atomic mass is 16.6. The standard InChI is InChI=1S/C77H128O6/c1-4-7-10-13-16-19-22-25-28-30-32-34-36-37-38-39-41-42-44-46-49-52-55-58-61-64-67-70-76(79)82-73-74(72-81-75(78)69-66-63-60-57-54-51-48-27-24-21-18-15-12-9-6-3)83-77(80)71-68-65-62-59-56-53-50-47-45-43-40-35-33-31-29-26-23-20-17-14-11-8-5-2/h7,10,16,18-19,21,23,25-28,31-34,37-38,41-42,46,48-49,74H,4-6,8-9,11-15,17,20,22,24,29-30,35-36,39-40,43-45,47,50-73H2,1-3H3/b10-7-,19-16-,21-18-,26-23-,28-25-,33-31-,34-32-,38-37-,42-41-,48-27-,49-46-. The summed E-state index contributed by atoms with van der Waals surface area (Å²) in [7, 11) is 0. The second kappa shape index (κ2) is 70.0. The van der Waals surface area contributed by atoms with Gasteiger partial charge in [-0.1, -0.05) is 289 Å². The fourth-order valence-electron chi connectivity index (χ4n) is 9.43. The van der Waals surface area contributed by atoms with E-state index in [2.05, 4.69) is 154 Å². The summed E-state index contributed by atoms with van der Waals surface area (Å²) < 4.78 is 17.0. The van der Waals surface area contributed by atoms with Crippen molar-refractivity contribution in [2.24, 2.45) is 0 Å². The van der Waals surface area contributed by atoms with Crippen LogP contribution < -0.4 is 0 Å². The Bertz CT molecular complexity index is 1750. The molecule has 6 nitrogen and oxygen atoms in total. The minimum absolute atomic E-state index is 0.0950. The highest BCUT2D eigenvalue weighted by Crippen LogP contribution is 2.16. The number of allylic oxidation sites excluding steroid dienone is 22. The van der Waals surface area contributed by atoms with Gasteiger partial charge in [-0.3, -0.25) is 14.4 Å². The van der Waals surface area contributed by atoms with Gasteiger partial charge >= 0.3 is 17.9 Å². The van der Waals surface area contributed by atoms with Crippen molar-refractivity contribution in [1.82, 2.24) is 0 Å². The summed E-state index contributed by atoms with van der Waals surface area (Å²) in [6.07, 6.45) is 98.9. The lowest BCUT2D eigenvalue weighted by atomic mass is 10.0. The van der Waals surface area contributed by atoms with Crippen molar-refractivity contribution in [1.29, 1.82) is 0 Å². The Morgan fingerprint density at radius 3 is 0.759 bits per heavy atom. The number of carbonyl (C=O) groups is 3. The van der Waals surface area contributed by atoms with Crippen LogP contribution in [0, 0.1) is 0 Å². The molecule has 0 radical (unpaired) electrons. The van der Waals surface area contributed by atoms with Crippen LogP contribution in [0.15, 0.2) is 134 Å². The van der Waals surface area contributed by atoms with E-state index in [1.807, 2.05) is 0 Å². The summed E-state index contributed by atoms with van der Waals surface area (Å²) in [5.74, 6) is -0.922. The summed E-state index contributed by atoms with van der Waals surface area (Å²) in [4.78, 5) is 38.4. The number of carbonyl (C=O) groups excluding carboxylic acids is 3. The molecule has 0 heterocycles. The molecule has 0 fully saturated rings. The maximum absolute atomic E-state index is 13.0. The van der Waals surface area contributed by atoms with Crippen LogP contribution in [0.25, 0.3) is 0 Å². The molecular formula is C77H128O6. The van der Waals surface area contributed by atoms with Gasteiger partial charge in [-0.05, 0) is 141 Å². The van der Waals surface area contributed by atoms with Gasteiger partial charge in [0, 0.05) is 19.3 Å². The van der Waals surface area contributed by atoms with Crippen molar-refractivity contribution >= 4 is 17.9 Å². The van der Waals surface area contributed by atoms with Gasteiger partial charge in [0.25, 0.3) is 0 Å². The molecule has 0 aliphatic carbocycles. The van der Waals surface area contributed by atoms with Gasteiger partial charge in [-0.2, -0.15) is 0 Å². The number of ether oxygens (including phenoxy) is 3. The first-order valence-corrected chi connectivity index (χ1v) is 34.7. The van der Waals surface area contributed by atoms with E-state index in [1.165, 1.54) is 122 Å². The van der Waals surface area contributed by atoms with E-state index < -0.39 is 6.10 Å². The number of unbranched alkanes of at least 4 members (excludes halogenated alkanes) is 29. The van der Waals surface area contributed by atoms with Gasteiger partial charge in [-0.25, -0.2) is 0 Å². The molecule has 6 heteroatoms. The molecule has 472 valence electrons. The van der Waals surface area contributed by atoms with E-state index >= 15 is 0 Å². The van der Waals surface area contributed by atoms with Crippen LogP contribution in [-0.2, 0) is 28.6 Å². The zero-order chi connectivity index (χ0) is 59.9. The van der Waals surface area contributed by atoms with Crippen molar-refractivity contribution < 1.29 is 28.6 Å². The zero-order valence-corrected chi connectivity index (χ0v) is 54.2. The fourth-order valence-corrected chi connectivity index (χ4v) is 9.43. The molecule has 83 heavy (non-hydrogen) atoms. The van der Waals surface area contributed by atoms with Crippen LogP contribution in [0.3, 0.4) is 0 Å². The SMILES string of the molecule is CC/C=C\C/C=C\C/C=C\C/C=C\C/C=C\C/C=C\C/C=C\CCCCCCCC(=O)OCC(COC(=O)CCCCCCC/C=C\C/C=C\CCCCC)OC(=O)CCCCCCCCCCCCC/C=C\C/C=C\CCCCCCC. The first-order chi connectivity index (χ1) is 41.0. The minimum atomic E-state index is -0.800. The van der Waals surface area contributed by atoms with Crippen molar-refractivity contribution in [3.05, 3.63) is 134 Å². The van der Waals surface area contributed by atoms with E-state index in [-0.39, 0.29) is 31.1 Å². The Morgan fingerprint density at radius 2 is 0.470 bits per heavy atom. The molecule has 0 aliphatic heterocycles. The molecule has 0 aliphatic rings. The van der Waals surface area contributed by atoms with E-state index in [4.69, 9.17) is 14.2 Å². The van der Waals surface area contributed by atoms with Gasteiger partial charge in [0.15, 0.2) is 6.10 Å². The van der Waals surface area contributed by atoms with Crippen LogP contribution in [0.4, 0.5) is 0 Å². The maximum atomic E-state index is 13.0. The van der Waals surface area contributed by atoms with Crippen LogP contribution in [0.5, 0.6) is 0 Å². The highest BCUT2D eigenvalue weighted by molar-refractivity contribution is 5.71. The molecule has 0 saturated carbocycles. The third-order valence-electron chi connectivity index (χ3n) is 14.6. The van der Waals surface area contributed by atoms with Gasteiger partial charge in [0.1, 0.15) is 13.2 Å². The molecular weight excluding hydrogens is 1020 g/mol. The lowest BCUT2D eigenvalue weighted by Crippen LogP contribution is -2.30. The number of hydrogen-bond donors (Lipinski definition) is 0. The van der Waals surface area contributed by atoms with Crippen LogP contribution in [0.2, 0.25) is 0 Å². The summed E-state index contributed by atoms with van der Waals surface area (Å²) in [5, 5.41) is 0. The number of rotatable bonds is 62. The number of esters is 3. The Kier molecular flexibility index (Phi) is 66.3. The lowest BCUT2D eigenvalue weighted by Gasteiger charge is -2.18. The molecule has 0 aromatic carbocycles. The Morgan fingerprint density at radius 1 is 0.253 bits per heavy atom. The third kappa shape index (κ3) is 68.2. The highest BCUT2D eigenvalue weighted by Gasteiger charge is 2.19. The molecule has 0 aromatic heterocycles. The molecule has 1 unspecified atom stereocenters. The second-order valence-electron chi connectivity index (χ2n) is 22.7.